The van der Waals surface area contributed by atoms with Crippen LogP contribution in [-0.2, 0) is 13.0 Å². The summed E-state index contributed by atoms with van der Waals surface area (Å²) in [6.07, 6.45) is 4.75. The first-order chi connectivity index (χ1) is 11.7. The van der Waals surface area contributed by atoms with Crippen LogP contribution in [0.5, 0.6) is 0 Å². The summed E-state index contributed by atoms with van der Waals surface area (Å²) in [5.41, 5.74) is 7.11. The second-order valence-electron chi connectivity index (χ2n) is 6.18. The summed E-state index contributed by atoms with van der Waals surface area (Å²) in [5.74, 6) is 0. The lowest BCUT2D eigenvalue weighted by Crippen LogP contribution is -2.04. The Morgan fingerprint density at radius 2 is 1.88 bits per heavy atom. The predicted molar refractivity (Wildman–Crippen MR) is 96.1 cm³/mol. The number of H-pyrrole nitrogens is 1. The molecule has 0 unspecified atom stereocenters. The molecule has 0 aliphatic rings. The van der Waals surface area contributed by atoms with E-state index in [-0.39, 0.29) is 0 Å². The van der Waals surface area contributed by atoms with Gasteiger partial charge in [0.05, 0.1) is 12.2 Å². The second-order valence-corrected chi connectivity index (χ2v) is 6.18. The van der Waals surface area contributed by atoms with Gasteiger partial charge in [-0.25, -0.2) is 4.98 Å². The number of pyridine rings is 1. The molecule has 0 bridgehead atoms. The fourth-order valence-electron chi connectivity index (χ4n) is 3.25. The van der Waals surface area contributed by atoms with Gasteiger partial charge in [-0.1, -0.05) is 30.3 Å². The molecule has 24 heavy (non-hydrogen) atoms. The van der Waals surface area contributed by atoms with Gasteiger partial charge in [0.2, 0.25) is 0 Å². The molecule has 0 aliphatic carbocycles. The summed E-state index contributed by atoms with van der Waals surface area (Å²) in [6.45, 7) is 5.06. The number of benzene rings is 1. The minimum absolute atomic E-state index is 0.808. The van der Waals surface area contributed by atoms with Crippen molar-refractivity contribution in [3.05, 3.63) is 82.9 Å². The van der Waals surface area contributed by atoms with Crippen molar-refractivity contribution in [1.82, 2.24) is 19.7 Å². The number of rotatable bonds is 4. The lowest BCUT2D eigenvalue weighted by molar-refractivity contribution is 0.658. The second kappa shape index (κ2) is 5.96. The van der Waals surface area contributed by atoms with Gasteiger partial charge in [0.25, 0.3) is 0 Å². The Kier molecular flexibility index (Phi) is 3.65. The number of nitrogens with zero attached hydrogens (tertiary/aromatic N) is 3. The molecule has 0 saturated carbocycles. The molecule has 4 aromatic rings. The lowest BCUT2D eigenvalue weighted by Gasteiger charge is -2.06. The van der Waals surface area contributed by atoms with Gasteiger partial charge in [0, 0.05) is 35.5 Å². The highest BCUT2D eigenvalue weighted by atomic mass is 15.3. The summed E-state index contributed by atoms with van der Waals surface area (Å²) >= 11 is 0. The van der Waals surface area contributed by atoms with Crippen molar-refractivity contribution in [1.29, 1.82) is 0 Å². The molecule has 0 spiro atoms. The number of fused-ring (bicyclic) bond motifs is 1. The van der Waals surface area contributed by atoms with Gasteiger partial charge in [-0.15, -0.1) is 0 Å². The molecular weight excluding hydrogens is 296 g/mol. The molecule has 3 heterocycles. The van der Waals surface area contributed by atoms with Crippen LogP contribution in [0.4, 0.5) is 0 Å². The molecule has 120 valence electrons. The number of hydrogen-bond donors (Lipinski definition) is 1. The molecule has 0 radical (unpaired) electrons. The van der Waals surface area contributed by atoms with Gasteiger partial charge in [0.1, 0.15) is 5.65 Å². The summed E-state index contributed by atoms with van der Waals surface area (Å²) < 4.78 is 2.10. The van der Waals surface area contributed by atoms with E-state index in [1.165, 1.54) is 27.8 Å². The van der Waals surface area contributed by atoms with E-state index in [4.69, 9.17) is 5.10 Å². The molecule has 0 amide bonds. The third-order valence-corrected chi connectivity index (χ3v) is 4.61. The van der Waals surface area contributed by atoms with Crippen LogP contribution in [0.3, 0.4) is 0 Å². The van der Waals surface area contributed by atoms with E-state index in [1.54, 1.807) is 0 Å². The highest BCUT2D eigenvalue weighted by Crippen LogP contribution is 2.23. The third-order valence-electron chi connectivity index (χ3n) is 4.61. The van der Waals surface area contributed by atoms with Gasteiger partial charge in [-0.2, -0.15) is 5.10 Å². The summed E-state index contributed by atoms with van der Waals surface area (Å²) in [4.78, 5) is 7.63. The minimum Gasteiger partial charge on any atom is -0.346 e. The van der Waals surface area contributed by atoms with Crippen molar-refractivity contribution >= 4 is 11.0 Å². The van der Waals surface area contributed by atoms with Crippen molar-refractivity contribution in [3.8, 4) is 0 Å². The van der Waals surface area contributed by atoms with E-state index in [9.17, 15) is 0 Å². The Morgan fingerprint density at radius 1 is 1.04 bits per heavy atom. The Labute approximate surface area is 141 Å². The van der Waals surface area contributed by atoms with Crippen LogP contribution in [0.15, 0.2) is 54.9 Å². The molecule has 3 aromatic heterocycles. The Morgan fingerprint density at radius 3 is 2.71 bits per heavy atom. The monoisotopic (exact) mass is 316 g/mol. The van der Waals surface area contributed by atoms with E-state index in [2.05, 4.69) is 65.0 Å². The topological polar surface area (TPSA) is 46.5 Å². The zero-order valence-corrected chi connectivity index (χ0v) is 14.0. The van der Waals surface area contributed by atoms with Gasteiger partial charge < -0.3 is 4.98 Å². The number of aryl methyl sites for hydroxylation is 1. The van der Waals surface area contributed by atoms with Crippen LogP contribution in [-0.4, -0.2) is 19.7 Å². The van der Waals surface area contributed by atoms with E-state index >= 15 is 0 Å². The molecule has 0 atom stereocenters. The largest absolute Gasteiger partial charge is 0.346 e. The lowest BCUT2D eigenvalue weighted by atomic mass is 10.0. The van der Waals surface area contributed by atoms with Crippen molar-refractivity contribution in [2.24, 2.45) is 0 Å². The molecule has 4 heteroatoms. The average Bonchev–Trinajstić information content (AvgIpc) is 3.13. The average molecular weight is 316 g/mol. The maximum absolute atomic E-state index is 4.76. The van der Waals surface area contributed by atoms with Crippen LogP contribution in [0.1, 0.15) is 28.1 Å². The number of aromatic amines is 1. The number of aromatic nitrogens is 4. The maximum Gasteiger partial charge on any atom is 0.137 e. The van der Waals surface area contributed by atoms with E-state index in [0.29, 0.717) is 0 Å². The number of nitrogens with one attached hydrogen (secondary N) is 1. The molecule has 4 nitrogen and oxygen atoms in total. The molecule has 0 saturated heterocycles. The highest BCUT2D eigenvalue weighted by molar-refractivity contribution is 5.79. The third kappa shape index (κ3) is 2.60. The van der Waals surface area contributed by atoms with Gasteiger partial charge in [-0.3, -0.25) is 4.68 Å². The fourth-order valence-corrected chi connectivity index (χ4v) is 3.25. The molecule has 4 rings (SSSR count). The quantitative estimate of drug-likeness (QED) is 0.618. The van der Waals surface area contributed by atoms with Crippen molar-refractivity contribution in [3.63, 3.8) is 0 Å². The van der Waals surface area contributed by atoms with Crippen LogP contribution in [0.25, 0.3) is 11.0 Å². The van der Waals surface area contributed by atoms with Crippen molar-refractivity contribution in [2.45, 2.75) is 26.8 Å². The first-order valence-electron chi connectivity index (χ1n) is 8.20. The SMILES string of the molecule is Cc1nn(Cc2ccccc2)c(C)c1Cc1c[nH]c2ncccc12. The van der Waals surface area contributed by atoms with Crippen LogP contribution < -0.4 is 0 Å². The molecule has 1 aromatic carbocycles. The Hall–Kier alpha value is -2.88. The normalized spacial score (nSPS) is 11.2. The van der Waals surface area contributed by atoms with Crippen LogP contribution in [0, 0.1) is 13.8 Å². The smallest absolute Gasteiger partial charge is 0.137 e. The zero-order chi connectivity index (χ0) is 16.5. The first-order valence-corrected chi connectivity index (χ1v) is 8.20. The zero-order valence-electron chi connectivity index (χ0n) is 14.0. The van der Waals surface area contributed by atoms with Crippen LogP contribution in [0.2, 0.25) is 0 Å². The summed E-state index contributed by atoms with van der Waals surface area (Å²) in [5, 5.41) is 5.94. The van der Waals surface area contributed by atoms with Gasteiger partial charge >= 0.3 is 0 Å². The van der Waals surface area contributed by atoms with Gasteiger partial charge in [-0.05, 0) is 37.1 Å². The minimum atomic E-state index is 0.808. The Balaban J connectivity index is 1.66. The fraction of sp³-hybridized carbons (Fsp3) is 0.200. The molecule has 0 fully saturated rings. The van der Waals surface area contributed by atoms with Crippen molar-refractivity contribution < 1.29 is 0 Å². The van der Waals surface area contributed by atoms with Crippen LogP contribution >= 0.6 is 0 Å². The molecular formula is C20H20N4. The molecule has 0 aliphatic heterocycles. The van der Waals surface area contributed by atoms with Gasteiger partial charge in [0.15, 0.2) is 0 Å². The van der Waals surface area contributed by atoms with E-state index < -0.39 is 0 Å². The van der Waals surface area contributed by atoms with Crippen molar-refractivity contribution in [2.75, 3.05) is 0 Å². The number of hydrogen-bond acceptors (Lipinski definition) is 2. The maximum atomic E-state index is 4.76. The highest BCUT2D eigenvalue weighted by Gasteiger charge is 2.14. The Bertz CT molecular complexity index is 979. The molecule has 1 N–H and O–H groups in total. The standard InChI is InChI=1S/C20H20N4/c1-14-19(11-17-12-22-20-18(17)9-6-10-21-20)15(2)24(23-14)13-16-7-4-3-5-8-16/h3-10,12H,11,13H2,1-2H3,(H,21,22). The first kappa shape index (κ1) is 14.7. The summed E-state index contributed by atoms with van der Waals surface area (Å²) in [7, 11) is 0. The predicted octanol–water partition coefficient (Wildman–Crippen LogP) is 4.02. The van der Waals surface area contributed by atoms with E-state index in [0.717, 1.165) is 24.3 Å². The summed E-state index contributed by atoms with van der Waals surface area (Å²) in [6, 6.07) is 14.6. The van der Waals surface area contributed by atoms with E-state index in [1.807, 2.05) is 18.3 Å².